The number of sulfonamides is 1. The third-order valence-corrected chi connectivity index (χ3v) is 6.76. The summed E-state index contributed by atoms with van der Waals surface area (Å²) in [5.74, 6) is -0.754. The summed E-state index contributed by atoms with van der Waals surface area (Å²) < 4.78 is 41.0. The molecule has 0 fully saturated rings. The quantitative estimate of drug-likeness (QED) is 0.613. The molecule has 0 heterocycles. The molecule has 0 aliphatic carbocycles. The van der Waals surface area contributed by atoms with Crippen LogP contribution in [0.1, 0.15) is 28.4 Å². The van der Waals surface area contributed by atoms with Gasteiger partial charge in [-0.15, -0.1) is 0 Å². The lowest BCUT2D eigenvalue weighted by Gasteiger charge is -2.24. The highest BCUT2D eigenvalue weighted by atomic mass is 32.2. The van der Waals surface area contributed by atoms with Gasteiger partial charge in [-0.2, -0.15) is 0 Å². The second-order valence-electron chi connectivity index (χ2n) is 6.79. The van der Waals surface area contributed by atoms with Gasteiger partial charge in [0.25, 0.3) is 15.9 Å². The first kappa shape index (κ1) is 21.5. The Kier molecular flexibility index (Phi) is 6.52. The number of hydrogen-bond donors (Lipinski definition) is 1. The maximum absolute atomic E-state index is 13.3. The van der Waals surface area contributed by atoms with Crippen LogP contribution in [0.3, 0.4) is 0 Å². The number of carbonyl (C=O) groups excluding carboxylic acids is 1. The standard InChI is InChI=1S/C23H23FN2O3S/c1-3-26(21-7-5-4-6-8-21)30(28,29)22-15-19(12-9-17(22)2)23(27)25-16-18-10-13-20(24)14-11-18/h4-15H,3,16H2,1-2H3,(H,25,27). The fourth-order valence-electron chi connectivity index (χ4n) is 3.11. The number of nitrogens with one attached hydrogen (secondary N) is 1. The molecule has 0 aliphatic rings. The zero-order chi connectivity index (χ0) is 21.7. The van der Waals surface area contributed by atoms with Gasteiger partial charge in [0.1, 0.15) is 5.82 Å². The van der Waals surface area contributed by atoms with Crippen molar-refractivity contribution in [2.24, 2.45) is 0 Å². The molecule has 7 heteroatoms. The molecule has 0 aliphatic heterocycles. The van der Waals surface area contributed by atoms with Crippen LogP contribution in [0.15, 0.2) is 77.7 Å². The van der Waals surface area contributed by atoms with Gasteiger partial charge in [-0.25, -0.2) is 12.8 Å². The van der Waals surface area contributed by atoms with Gasteiger partial charge in [-0.05, 0) is 61.4 Å². The second-order valence-corrected chi connectivity index (χ2v) is 8.63. The van der Waals surface area contributed by atoms with Crippen LogP contribution in [-0.2, 0) is 16.6 Å². The van der Waals surface area contributed by atoms with E-state index in [0.29, 0.717) is 11.3 Å². The van der Waals surface area contributed by atoms with Crippen LogP contribution < -0.4 is 9.62 Å². The summed E-state index contributed by atoms with van der Waals surface area (Å²) in [6.07, 6.45) is 0. The number of carbonyl (C=O) groups is 1. The van der Waals surface area contributed by atoms with Gasteiger partial charge in [0.05, 0.1) is 10.6 Å². The van der Waals surface area contributed by atoms with Gasteiger partial charge < -0.3 is 5.32 Å². The Morgan fingerprint density at radius 3 is 2.30 bits per heavy atom. The topological polar surface area (TPSA) is 66.5 Å². The van der Waals surface area contributed by atoms with Crippen LogP contribution in [0.2, 0.25) is 0 Å². The summed E-state index contributed by atoms with van der Waals surface area (Å²) >= 11 is 0. The smallest absolute Gasteiger partial charge is 0.264 e. The molecule has 3 rings (SSSR count). The van der Waals surface area contributed by atoms with Gasteiger partial charge in [-0.1, -0.05) is 36.4 Å². The molecular weight excluding hydrogens is 403 g/mol. The molecule has 3 aromatic rings. The average Bonchev–Trinajstić information content (AvgIpc) is 2.74. The van der Waals surface area contributed by atoms with Gasteiger partial charge in [0.15, 0.2) is 0 Å². The number of amides is 1. The number of anilines is 1. The minimum absolute atomic E-state index is 0.0858. The van der Waals surface area contributed by atoms with Crippen molar-refractivity contribution in [3.8, 4) is 0 Å². The van der Waals surface area contributed by atoms with Crippen LogP contribution in [0.25, 0.3) is 0 Å². The molecule has 0 bridgehead atoms. The molecular formula is C23H23FN2O3S. The normalized spacial score (nSPS) is 11.2. The number of hydrogen-bond acceptors (Lipinski definition) is 3. The molecule has 30 heavy (non-hydrogen) atoms. The van der Waals surface area contributed by atoms with E-state index in [9.17, 15) is 17.6 Å². The van der Waals surface area contributed by atoms with Crippen molar-refractivity contribution in [1.29, 1.82) is 0 Å². The summed E-state index contributed by atoms with van der Waals surface area (Å²) in [7, 11) is -3.85. The van der Waals surface area contributed by atoms with Crippen molar-refractivity contribution >= 4 is 21.6 Å². The maximum atomic E-state index is 13.3. The lowest BCUT2D eigenvalue weighted by molar-refractivity contribution is 0.0950. The molecule has 3 aromatic carbocycles. The Morgan fingerprint density at radius 1 is 1.00 bits per heavy atom. The van der Waals surface area contributed by atoms with Gasteiger partial charge in [-0.3, -0.25) is 9.10 Å². The minimum atomic E-state index is -3.85. The first-order valence-electron chi connectivity index (χ1n) is 9.54. The molecule has 0 saturated carbocycles. The van der Waals surface area contributed by atoms with Gasteiger partial charge in [0.2, 0.25) is 0 Å². The first-order chi connectivity index (χ1) is 14.3. The van der Waals surface area contributed by atoms with Gasteiger partial charge >= 0.3 is 0 Å². The number of aryl methyl sites for hydroxylation is 1. The molecule has 0 saturated heterocycles. The summed E-state index contributed by atoms with van der Waals surface area (Å²) in [5, 5.41) is 2.74. The van der Waals surface area contributed by atoms with Gasteiger partial charge in [0, 0.05) is 18.7 Å². The molecule has 0 spiro atoms. The van der Waals surface area contributed by atoms with E-state index in [1.54, 1.807) is 62.4 Å². The van der Waals surface area contributed by atoms with E-state index in [1.807, 2.05) is 6.07 Å². The third-order valence-electron chi connectivity index (χ3n) is 4.72. The number of rotatable bonds is 7. The Morgan fingerprint density at radius 2 is 1.67 bits per heavy atom. The summed E-state index contributed by atoms with van der Waals surface area (Å²) in [6.45, 7) is 3.93. The number of benzene rings is 3. The van der Waals surface area contributed by atoms with E-state index in [1.165, 1.54) is 22.5 Å². The molecule has 156 valence electrons. The lowest BCUT2D eigenvalue weighted by atomic mass is 10.1. The van der Waals surface area contributed by atoms with Crippen molar-refractivity contribution < 1.29 is 17.6 Å². The van der Waals surface area contributed by atoms with Crippen LogP contribution in [0.5, 0.6) is 0 Å². The van der Waals surface area contributed by atoms with Crippen molar-refractivity contribution in [3.05, 3.63) is 95.3 Å². The molecule has 0 aromatic heterocycles. The minimum Gasteiger partial charge on any atom is -0.348 e. The summed E-state index contributed by atoms with van der Waals surface area (Å²) in [5.41, 5.74) is 2.10. The summed E-state index contributed by atoms with van der Waals surface area (Å²) in [6, 6.07) is 19.3. The number of halogens is 1. The Hall–Kier alpha value is -3.19. The molecule has 0 radical (unpaired) electrons. The predicted molar refractivity (Wildman–Crippen MR) is 115 cm³/mol. The SMILES string of the molecule is CCN(c1ccccc1)S(=O)(=O)c1cc(C(=O)NCc2ccc(F)cc2)ccc1C. The van der Waals surface area contributed by atoms with Crippen molar-refractivity contribution in [1.82, 2.24) is 5.32 Å². The lowest BCUT2D eigenvalue weighted by Crippen LogP contribution is -2.31. The van der Waals surface area contributed by atoms with Crippen molar-refractivity contribution in [2.45, 2.75) is 25.3 Å². The van der Waals surface area contributed by atoms with Crippen molar-refractivity contribution in [2.75, 3.05) is 10.8 Å². The molecule has 0 atom stereocenters. The van der Waals surface area contributed by atoms with Crippen LogP contribution in [0.4, 0.5) is 10.1 Å². The van der Waals surface area contributed by atoms with E-state index < -0.39 is 15.9 Å². The summed E-state index contributed by atoms with van der Waals surface area (Å²) in [4.78, 5) is 12.7. The molecule has 1 N–H and O–H groups in total. The van der Waals surface area contributed by atoms with Crippen molar-refractivity contribution in [3.63, 3.8) is 0 Å². The fraction of sp³-hybridized carbons (Fsp3) is 0.174. The van der Waals surface area contributed by atoms with E-state index in [4.69, 9.17) is 0 Å². The number of nitrogens with zero attached hydrogens (tertiary/aromatic N) is 1. The fourth-order valence-corrected chi connectivity index (χ4v) is 4.84. The average molecular weight is 427 g/mol. The Bertz CT molecular complexity index is 1130. The van der Waals surface area contributed by atoms with E-state index in [0.717, 1.165) is 5.56 Å². The predicted octanol–water partition coefficient (Wildman–Crippen LogP) is 4.28. The van der Waals surface area contributed by atoms with Crippen LogP contribution in [-0.4, -0.2) is 20.9 Å². The van der Waals surface area contributed by atoms with E-state index >= 15 is 0 Å². The zero-order valence-corrected chi connectivity index (χ0v) is 17.6. The van der Waals surface area contributed by atoms with Crippen LogP contribution >= 0.6 is 0 Å². The molecule has 0 unspecified atom stereocenters. The second kappa shape index (κ2) is 9.09. The molecule has 1 amide bonds. The maximum Gasteiger partial charge on any atom is 0.264 e. The highest BCUT2D eigenvalue weighted by molar-refractivity contribution is 7.92. The van der Waals surface area contributed by atoms with Crippen LogP contribution in [0, 0.1) is 12.7 Å². The Labute approximate surface area is 176 Å². The Balaban J connectivity index is 1.86. The zero-order valence-electron chi connectivity index (χ0n) is 16.8. The highest BCUT2D eigenvalue weighted by Gasteiger charge is 2.26. The van der Waals surface area contributed by atoms with E-state index in [2.05, 4.69) is 5.32 Å². The number of para-hydroxylation sites is 1. The first-order valence-corrected chi connectivity index (χ1v) is 11.0. The largest absolute Gasteiger partial charge is 0.348 e. The highest BCUT2D eigenvalue weighted by Crippen LogP contribution is 2.26. The monoisotopic (exact) mass is 426 g/mol. The third kappa shape index (κ3) is 4.68. The van der Waals surface area contributed by atoms with E-state index in [-0.39, 0.29) is 29.4 Å². The molecule has 5 nitrogen and oxygen atoms in total.